The van der Waals surface area contributed by atoms with E-state index in [0.717, 1.165) is 17.9 Å². The molecule has 0 spiro atoms. The molecule has 2 rings (SSSR count). The molecule has 0 unspecified atom stereocenters. The van der Waals surface area contributed by atoms with Crippen LogP contribution in [0.25, 0.3) is 0 Å². The van der Waals surface area contributed by atoms with Crippen molar-refractivity contribution < 1.29 is 13.2 Å². The minimum absolute atomic E-state index is 0.111. The molecule has 0 fully saturated rings. The van der Waals surface area contributed by atoms with Gasteiger partial charge in [-0.3, -0.25) is 0 Å². The Morgan fingerprint density at radius 2 is 1.95 bits per heavy atom. The van der Waals surface area contributed by atoms with Crippen LogP contribution in [-0.2, 0) is 13.1 Å². The lowest BCUT2D eigenvalue weighted by Crippen LogP contribution is -2.05. The minimum atomic E-state index is -4.25. The molecule has 108 valence electrons. The maximum atomic E-state index is 12.2. The largest absolute Gasteiger partial charge is 0.446 e. The van der Waals surface area contributed by atoms with Crippen LogP contribution in [0.15, 0.2) is 41.7 Å². The van der Waals surface area contributed by atoms with Crippen LogP contribution >= 0.6 is 11.8 Å². The number of nitrogens with one attached hydrogen (secondary N) is 1. The summed E-state index contributed by atoms with van der Waals surface area (Å²) in [6.45, 7) is 3.44. The van der Waals surface area contributed by atoms with Crippen LogP contribution in [0.1, 0.15) is 12.6 Å². The van der Waals surface area contributed by atoms with Gasteiger partial charge in [-0.25, -0.2) is 4.98 Å². The van der Waals surface area contributed by atoms with Crippen molar-refractivity contribution in [1.82, 2.24) is 9.55 Å². The lowest BCUT2D eigenvalue weighted by molar-refractivity contribution is -0.0328. The number of hydrogen-bond donors (Lipinski definition) is 1. The standard InChI is InChI=1S/C13H14F3N3S/c1-2-19-9-17-7-11(19)8-18-10-3-5-12(6-4-10)20-13(14,15)16/h3-7,9,18H,2,8H2,1H3. The summed E-state index contributed by atoms with van der Waals surface area (Å²) < 4.78 is 38.6. The van der Waals surface area contributed by atoms with Crippen LogP contribution < -0.4 is 5.32 Å². The molecule has 0 saturated carbocycles. The van der Waals surface area contributed by atoms with Crippen molar-refractivity contribution in [2.75, 3.05) is 5.32 Å². The smallest absolute Gasteiger partial charge is 0.379 e. The number of aromatic nitrogens is 2. The van der Waals surface area contributed by atoms with Gasteiger partial charge in [0.15, 0.2) is 0 Å². The van der Waals surface area contributed by atoms with Crippen molar-refractivity contribution >= 4 is 17.4 Å². The zero-order valence-corrected chi connectivity index (χ0v) is 11.6. The van der Waals surface area contributed by atoms with Gasteiger partial charge < -0.3 is 9.88 Å². The molecule has 1 N–H and O–H groups in total. The Kier molecular flexibility index (Phi) is 4.59. The van der Waals surface area contributed by atoms with Gasteiger partial charge in [-0.15, -0.1) is 0 Å². The molecule has 1 aromatic heterocycles. The molecule has 3 nitrogen and oxygen atoms in total. The second-order valence-corrected chi connectivity index (χ2v) is 5.24. The Morgan fingerprint density at radius 1 is 1.25 bits per heavy atom. The van der Waals surface area contributed by atoms with Gasteiger partial charge in [0, 0.05) is 23.3 Å². The van der Waals surface area contributed by atoms with Crippen molar-refractivity contribution in [3.05, 3.63) is 42.5 Å². The van der Waals surface area contributed by atoms with Gasteiger partial charge in [0.05, 0.1) is 18.6 Å². The van der Waals surface area contributed by atoms with Crippen molar-refractivity contribution in [1.29, 1.82) is 0 Å². The van der Waals surface area contributed by atoms with Crippen LogP contribution in [0.2, 0.25) is 0 Å². The predicted molar refractivity (Wildman–Crippen MR) is 73.6 cm³/mol. The number of alkyl halides is 3. The summed E-state index contributed by atoms with van der Waals surface area (Å²) in [6, 6.07) is 6.19. The van der Waals surface area contributed by atoms with Crippen LogP contribution in [0, 0.1) is 0 Å². The maximum Gasteiger partial charge on any atom is 0.446 e. The van der Waals surface area contributed by atoms with E-state index >= 15 is 0 Å². The molecule has 20 heavy (non-hydrogen) atoms. The summed E-state index contributed by atoms with van der Waals surface area (Å²) in [6.07, 6.45) is 3.52. The lowest BCUT2D eigenvalue weighted by atomic mass is 10.3. The number of rotatable bonds is 5. The van der Waals surface area contributed by atoms with E-state index in [2.05, 4.69) is 10.3 Å². The van der Waals surface area contributed by atoms with Gasteiger partial charge in [0.2, 0.25) is 0 Å². The molecule has 0 aliphatic rings. The Bertz CT molecular complexity index is 549. The van der Waals surface area contributed by atoms with Crippen LogP contribution in [0.5, 0.6) is 0 Å². The van der Waals surface area contributed by atoms with E-state index in [1.54, 1.807) is 24.7 Å². The third kappa shape index (κ3) is 4.19. The molecule has 2 aromatic rings. The average Bonchev–Trinajstić information content (AvgIpc) is 2.83. The Morgan fingerprint density at radius 3 is 2.55 bits per heavy atom. The summed E-state index contributed by atoms with van der Waals surface area (Å²) >= 11 is -0.111. The quantitative estimate of drug-likeness (QED) is 0.842. The van der Waals surface area contributed by atoms with E-state index in [4.69, 9.17) is 0 Å². The first-order chi connectivity index (χ1) is 9.48. The van der Waals surface area contributed by atoms with Gasteiger partial charge in [-0.2, -0.15) is 13.2 Å². The van der Waals surface area contributed by atoms with Crippen molar-refractivity contribution in [3.63, 3.8) is 0 Å². The number of hydrogen-bond acceptors (Lipinski definition) is 3. The average molecular weight is 301 g/mol. The molecule has 1 aromatic carbocycles. The van der Waals surface area contributed by atoms with Crippen molar-refractivity contribution in [2.45, 2.75) is 30.4 Å². The number of aryl methyl sites for hydroxylation is 1. The molecule has 0 atom stereocenters. The van der Waals surface area contributed by atoms with E-state index in [1.165, 1.54) is 12.1 Å². The summed E-state index contributed by atoms with van der Waals surface area (Å²) in [7, 11) is 0. The fourth-order valence-corrected chi connectivity index (χ4v) is 2.29. The van der Waals surface area contributed by atoms with E-state index in [-0.39, 0.29) is 16.7 Å². The third-order valence-corrected chi connectivity index (χ3v) is 3.44. The molecule has 0 bridgehead atoms. The highest BCUT2D eigenvalue weighted by Crippen LogP contribution is 2.37. The molecular weight excluding hydrogens is 287 g/mol. The number of benzene rings is 1. The number of halogens is 3. The monoisotopic (exact) mass is 301 g/mol. The van der Waals surface area contributed by atoms with E-state index in [9.17, 15) is 13.2 Å². The van der Waals surface area contributed by atoms with Gasteiger partial charge >= 0.3 is 5.51 Å². The fourth-order valence-electron chi connectivity index (χ4n) is 1.75. The SMILES string of the molecule is CCn1cncc1CNc1ccc(SC(F)(F)F)cc1. The molecule has 0 aliphatic heterocycles. The number of imidazole rings is 1. The highest BCUT2D eigenvalue weighted by Gasteiger charge is 2.28. The number of anilines is 1. The maximum absolute atomic E-state index is 12.2. The first kappa shape index (κ1) is 14.8. The zero-order chi connectivity index (χ0) is 14.6. The Labute approximate surface area is 119 Å². The lowest BCUT2D eigenvalue weighted by Gasteiger charge is -2.09. The second kappa shape index (κ2) is 6.21. The fraction of sp³-hybridized carbons (Fsp3) is 0.308. The number of thioether (sulfide) groups is 1. The molecular formula is C13H14F3N3S. The molecule has 7 heteroatoms. The van der Waals surface area contributed by atoms with Crippen molar-refractivity contribution in [3.8, 4) is 0 Å². The molecule has 0 radical (unpaired) electrons. The van der Waals surface area contributed by atoms with Gasteiger partial charge in [-0.05, 0) is 43.0 Å². The third-order valence-electron chi connectivity index (χ3n) is 2.70. The van der Waals surface area contributed by atoms with Crippen LogP contribution in [0.3, 0.4) is 0 Å². The topological polar surface area (TPSA) is 29.9 Å². The summed E-state index contributed by atoms with van der Waals surface area (Å²) in [5.74, 6) is 0. The molecule has 1 heterocycles. The summed E-state index contributed by atoms with van der Waals surface area (Å²) in [5, 5.41) is 3.16. The Balaban J connectivity index is 1.94. The van der Waals surface area contributed by atoms with Crippen LogP contribution in [-0.4, -0.2) is 15.1 Å². The van der Waals surface area contributed by atoms with Crippen LogP contribution in [0.4, 0.5) is 18.9 Å². The van der Waals surface area contributed by atoms with E-state index < -0.39 is 5.51 Å². The van der Waals surface area contributed by atoms with Gasteiger partial charge in [0.25, 0.3) is 0 Å². The van der Waals surface area contributed by atoms with E-state index in [1.807, 2.05) is 11.5 Å². The first-order valence-electron chi connectivity index (χ1n) is 6.06. The molecule has 0 amide bonds. The Hall–Kier alpha value is -1.63. The van der Waals surface area contributed by atoms with Gasteiger partial charge in [-0.1, -0.05) is 0 Å². The normalized spacial score (nSPS) is 11.6. The minimum Gasteiger partial charge on any atom is -0.379 e. The summed E-state index contributed by atoms with van der Waals surface area (Å²) in [5.41, 5.74) is -2.44. The molecule has 0 saturated heterocycles. The first-order valence-corrected chi connectivity index (χ1v) is 6.88. The van der Waals surface area contributed by atoms with Gasteiger partial charge in [0.1, 0.15) is 0 Å². The van der Waals surface area contributed by atoms with E-state index in [0.29, 0.717) is 6.54 Å². The predicted octanol–water partition coefficient (Wildman–Crippen LogP) is 4.13. The highest BCUT2D eigenvalue weighted by molar-refractivity contribution is 8.00. The summed E-state index contributed by atoms with van der Waals surface area (Å²) in [4.78, 5) is 4.24. The zero-order valence-electron chi connectivity index (χ0n) is 10.8. The number of nitrogens with zero attached hydrogens (tertiary/aromatic N) is 2. The van der Waals surface area contributed by atoms with Crippen molar-refractivity contribution in [2.24, 2.45) is 0 Å². The highest BCUT2D eigenvalue weighted by atomic mass is 32.2. The molecule has 0 aliphatic carbocycles. The second-order valence-electron chi connectivity index (χ2n) is 4.10.